The fourth-order valence-corrected chi connectivity index (χ4v) is 2.26. The molecule has 0 atom stereocenters. The minimum atomic E-state index is -0.246. The van der Waals surface area contributed by atoms with Crippen molar-refractivity contribution in [1.29, 1.82) is 0 Å². The Morgan fingerprint density at radius 1 is 1.39 bits per heavy atom. The Bertz CT molecular complexity index is 413. The highest BCUT2D eigenvalue weighted by Crippen LogP contribution is 2.48. The molecule has 1 aromatic rings. The van der Waals surface area contributed by atoms with Gasteiger partial charge in [0.25, 0.3) is 0 Å². The van der Waals surface area contributed by atoms with Crippen LogP contribution in [0.25, 0.3) is 0 Å². The third-order valence-electron chi connectivity index (χ3n) is 3.47. The van der Waals surface area contributed by atoms with Crippen molar-refractivity contribution in [2.45, 2.75) is 45.1 Å². The van der Waals surface area contributed by atoms with E-state index in [0.29, 0.717) is 5.75 Å². The highest BCUT2D eigenvalue weighted by atomic mass is 19.1. The molecule has 1 aliphatic carbocycles. The molecule has 18 heavy (non-hydrogen) atoms. The van der Waals surface area contributed by atoms with Gasteiger partial charge in [0.15, 0.2) is 11.6 Å². The summed E-state index contributed by atoms with van der Waals surface area (Å²) in [5.41, 5.74) is 1.25. The highest BCUT2D eigenvalue weighted by Gasteiger charge is 2.43. The first-order valence-electron chi connectivity index (χ1n) is 6.75. The molecule has 1 aliphatic rings. The second-order valence-corrected chi connectivity index (χ2v) is 5.37. The number of rotatable bonds is 6. The molecule has 0 radical (unpaired) electrons. The maximum atomic E-state index is 13.9. The first-order chi connectivity index (χ1) is 8.57. The normalized spacial score (nSPS) is 16.9. The molecule has 0 aromatic heterocycles. The molecule has 0 heterocycles. The van der Waals surface area contributed by atoms with Gasteiger partial charge in [-0.3, -0.25) is 0 Å². The fraction of sp³-hybridized carbons (Fsp3) is 0.600. The van der Waals surface area contributed by atoms with Crippen LogP contribution in [-0.2, 0) is 5.41 Å². The molecule has 2 nitrogen and oxygen atoms in total. The molecule has 2 rings (SSSR count). The van der Waals surface area contributed by atoms with Crippen LogP contribution < -0.4 is 10.1 Å². The van der Waals surface area contributed by atoms with Crippen LogP contribution in [0.1, 0.15) is 39.2 Å². The van der Waals surface area contributed by atoms with E-state index < -0.39 is 0 Å². The van der Waals surface area contributed by atoms with Crippen molar-refractivity contribution in [2.24, 2.45) is 0 Å². The molecule has 3 heteroatoms. The first-order valence-corrected chi connectivity index (χ1v) is 6.75. The van der Waals surface area contributed by atoms with E-state index in [4.69, 9.17) is 4.74 Å². The van der Waals surface area contributed by atoms with Gasteiger partial charge in [-0.05, 0) is 50.9 Å². The van der Waals surface area contributed by atoms with E-state index in [2.05, 4.69) is 12.2 Å². The highest BCUT2D eigenvalue weighted by molar-refractivity contribution is 5.37. The largest absolute Gasteiger partial charge is 0.488 e. The van der Waals surface area contributed by atoms with Crippen molar-refractivity contribution >= 4 is 0 Å². The zero-order chi connectivity index (χ0) is 13.2. The fourth-order valence-electron chi connectivity index (χ4n) is 2.26. The summed E-state index contributed by atoms with van der Waals surface area (Å²) >= 11 is 0. The SMILES string of the molecule is CCNCC1(c2ccc(OC(C)C)c(F)c2)CC1. The molecular formula is C15H22FNO. The summed E-state index contributed by atoms with van der Waals surface area (Å²) in [4.78, 5) is 0. The van der Waals surface area contributed by atoms with Crippen LogP contribution in [0, 0.1) is 5.82 Å². The zero-order valence-electron chi connectivity index (χ0n) is 11.4. The summed E-state index contributed by atoms with van der Waals surface area (Å²) in [6.07, 6.45) is 2.29. The number of ether oxygens (including phenoxy) is 1. The Balaban J connectivity index is 2.13. The molecule has 0 bridgehead atoms. The van der Waals surface area contributed by atoms with E-state index in [-0.39, 0.29) is 17.3 Å². The number of benzene rings is 1. The quantitative estimate of drug-likeness (QED) is 0.838. The predicted octanol–water partition coefficient (Wildman–Crippen LogP) is 3.25. The minimum absolute atomic E-state index is 0.00185. The second kappa shape index (κ2) is 5.27. The average molecular weight is 251 g/mol. The van der Waals surface area contributed by atoms with E-state index >= 15 is 0 Å². The Morgan fingerprint density at radius 3 is 2.61 bits per heavy atom. The lowest BCUT2D eigenvalue weighted by atomic mass is 9.95. The van der Waals surface area contributed by atoms with Crippen molar-refractivity contribution in [3.8, 4) is 5.75 Å². The third-order valence-corrected chi connectivity index (χ3v) is 3.47. The van der Waals surface area contributed by atoms with Gasteiger partial charge in [0.1, 0.15) is 0 Å². The Morgan fingerprint density at radius 2 is 2.11 bits per heavy atom. The maximum Gasteiger partial charge on any atom is 0.165 e. The lowest BCUT2D eigenvalue weighted by Crippen LogP contribution is -2.26. The molecule has 0 spiro atoms. The van der Waals surface area contributed by atoms with Crippen LogP contribution in [0.4, 0.5) is 4.39 Å². The van der Waals surface area contributed by atoms with Crippen molar-refractivity contribution in [2.75, 3.05) is 13.1 Å². The van der Waals surface area contributed by atoms with Crippen LogP contribution in [0.15, 0.2) is 18.2 Å². The summed E-state index contributed by atoms with van der Waals surface area (Å²) in [7, 11) is 0. The summed E-state index contributed by atoms with van der Waals surface area (Å²) in [6, 6.07) is 5.41. The number of hydrogen-bond acceptors (Lipinski definition) is 2. The number of nitrogens with one attached hydrogen (secondary N) is 1. The van der Waals surface area contributed by atoms with Crippen molar-refractivity contribution in [3.63, 3.8) is 0 Å². The van der Waals surface area contributed by atoms with Gasteiger partial charge in [-0.2, -0.15) is 0 Å². The van der Waals surface area contributed by atoms with Crippen molar-refractivity contribution in [3.05, 3.63) is 29.6 Å². The first kappa shape index (κ1) is 13.3. The molecule has 1 fully saturated rings. The number of hydrogen-bond donors (Lipinski definition) is 1. The minimum Gasteiger partial charge on any atom is -0.488 e. The van der Waals surface area contributed by atoms with E-state index in [1.807, 2.05) is 19.9 Å². The Hall–Kier alpha value is -1.09. The van der Waals surface area contributed by atoms with Gasteiger partial charge in [0, 0.05) is 12.0 Å². The van der Waals surface area contributed by atoms with Gasteiger partial charge in [-0.15, -0.1) is 0 Å². The van der Waals surface area contributed by atoms with Crippen LogP contribution in [-0.4, -0.2) is 19.2 Å². The van der Waals surface area contributed by atoms with Gasteiger partial charge in [0.2, 0.25) is 0 Å². The van der Waals surface area contributed by atoms with Gasteiger partial charge < -0.3 is 10.1 Å². The van der Waals surface area contributed by atoms with Crippen molar-refractivity contribution < 1.29 is 9.13 Å². The molecule has 1 aromatic carbocycles. The molecule has 0 amide bonds. The monoisotopic (exact) mass is 251 g/mol. The topological polar surface area (TPSA) is 21.3 Å². The molecule has 0 unspecified atom stereocenters. The Labute approximate surface area is 109 Å². The maximum absolute atomic E-state index is 13.9. The summed E-state index contributed by atoms with van der Waals surface area (Å²) in [5.74, 6) is 0.108. The summed E-state index contributed by atoms with van der Waals surface area (Å²) in [5, 5.41) is 3.36. The Kier molecular flexibility index (Phi) is 3.91. The molecule has 0 saturated heterocycles. The van der Waals surface area contributed by atoms with Gasteiger partial charge in [-0.25, -0.2) is 4.39 Å². The van der Waals surface area contributed by atoms with Crippen LogP contribution in [0.3, 0.4) is 0 Å². The lowest BCUT2D eigenvalue weighted by molar-refractivity contribution is 0.231. The third kappa shape index (κ3) is 2.83. The molecular weight excluding hydrogens is 229 g/mol. The van der Waals surface area contributed by atoms with E-state index in [9.17, 15) is 4.39 Å². The van der Waals surface area contributed by atoms with E-state index in [1.165, 1.54) is 0 Å². The van der Waals surface area contributed by atoms with E-state index in [1.54, 1.807) is 12.1 Å². The number of likely N-dealkylation sites (N-methyl/N-ethyl adjacent to an activating group) is 1. The molecule has 1 saturated carbocycles. The molecule has 0 aliphatic heterocycles. The van der Waals surface area contributed by atoms with Crippen LogP contribution in [0.2, 0.25) is 0 Å². The number of halogens is 1. The van der Waals surface area contributed by atoms with Gasteiger partial charge in [-0.1, -0.05) is 13.0 Å². The van der Waals surface area contributed by atoms with Gasteiger partial charge in [0.05, 0.1) is 6.10 Å². The van der Waals surface area contributed by atoms with Crippen LogP contribution >= 0.6 is 0 Å². The zero-order valence-corrected chi connectivity index (χ0v) is 11.4. The smallest absolute Gasteiger partial charge is 0.165 e. The average Bonchev–Trinajstić information content (AvgIpc) is 3.10. The van der Waals surface area contributed by atoms with Crippen molar-refractivity contribution in [1.82, 2.24) is 5.32 Å². The second-order valence-electron chi connectivity index (χ2n) is 5.37. The molecule has 1 N–H and O–H groups in total. The predicted molar refractivity (Wildman–Crippen MR) is 71.6 cm³/mol. The van der Waals surface area contributed by atoms with E-state index in [0.717, 1.165) is 31.5 Å². The lowest BCUT2D eigenvalue weighted by Gasteiger charge is -2.18. The van der Waals surface area contributed by atoms with Crippen LogP contribution in [0.5, 0.6) is 5.75 Å². The van der Waals surface area contributed by atoms with Gasteiger partial charge >= 0.3 is 0 Å². The molecule has 100 valence electrons. The standard InChI is InChI=1S/C15H22FNO/c1-4-17-10-15(7-8-15)12-5-6-14(13(16)9-12)18-11(2)3/h5-6,9,11,17H,4,7-8,10H2,1-3H3. The summed E-state index contributed by atoms with van der Waals surface area (Å²) in [6.45, 7) is 7.80. The summed E-state index contributed by atoms with van der Waals surface area (Å²) < 4.78 is 19.4.